The Balaban J connectivity index is 1.72. The summed E-state index contributed by atoms with van der Waals surface area (Å²) in [7, 11) is 0. The Morgan fingerprint density at radius 2 is 1.79 bits per heavy atom. The second-order valence-electron chi connectivity index (χ2n) is 8.87. The number of benzene rings is 1. The van der Waals surface area contributed by atoms with Gasteiger partial charge < -0.3 is 9.67 Å². The molecule has 1 aromatic heterocycles. The molecule has 2 aliphatic rings. The minimum Gasteiger partial charge on any atom is -0.476 e. The zero-order valence-corrected chi connectivity index (χ0v) is 16.8. The molecule has 2 saturated heterocycles. The molecule has 0 amide bonds. The first-order valence-corrected chi connectivity index (χ1v) is 10.4. The minimum absolute atomic E-state index is 0.0264. The topological polar surface area (TPSA) is 75.4 Å². The monoisotopic (exact) mass is 383 g/mol. The van der Waals surface area contributed by atoms with Crippen molar-refractivity contribution < 1.29 is 9.90 Å². The SMILES string of the molecule is CC(C)CC(C)N1C2CC[C@H]1C[C@@H](n1c(=O)c(C(=O)O)nc3ccccc31)C2. The summed E-state index contributed by atoms with van der Waals surface area (Å²) in [5.41, 5.74) is 0.467. The number of piperidine rings is 1. The average Bonchev–Trinajstić information content (AvgIpc) is 2.91. The van der Waals surface area contributed by atoms with Crippen molar-refractivity contribution in [3.8, 4) is 0 Å². The highest BCUT2D eigenvalue weighted by Crippen LogP contribution is 2.43. The fourth-order valence-corrected chi connectivity index (χ4v) is 5.58. The van der Waals surface area contributed by atoms with Crippen LogP contribution in [0, 0.1) is 5.92 Å². The van der Waals surface area contributed by atoms with Crippen LogP contribution in [0.1, 0.15) is 69.4 Å². The van der Waals surface area contributed by atoms with Crippen molar-refractivity contribution >= 4 is 17.0 Å². The van der Waals surface area contributed by atoms with E-state index in [4.69, 9.17) is 0 Å². The van der Waals surface area contributed by atoms with E-state index in [1.165, 1.54) is 6.42 Å². The van der Waals surface area contributed by atoms with Gasteiger partial charge in [0.15, 0.2) is 0 Å². The van der Waals surface area contributed by atoms with Crippen LogP contribution in [0.3, 0.4) is 0 Å². The van der Waals surface area contributed by atoms with Gasteiger partial charge in [-0.15, -0.1) is 0 Å². The first kappa shape index (κ1) is 19.1. The lowest BCUT2D eigenvalue weighted by Gasteiger charge is -2.43. The van der Waals surface area contributed by atoms with Gasteiger partial charge in [-0.3, -0.25) is 9.69 Å². The van der Waals surface area contributed by atoms with Crippen molar-refractivity contribution in [1.29, 1.82) is 0 Å². The van der Waals surface area contributed by atoms with Crippen molar-refractivity contribution in [2.45, 2.75) is 77.0 Å². The van der Waals surface area contributed by atoms with Crippen molar-refractivity contribution in [2.75, 3.05) is 0 Å². The first-order chi connectivity index (χ1) is 13.4. The maximum Gasteiger partial charge on any atom is 0.360 e. The number of carboxylic acids is 1. The van der Waals surface area contributed by atoms with Crippen molar-refractivity contribution in [3.63, 3.8) is 0 Å². The van der Waals surface area contributed by atoms with Crippen molar-refractivity contribution in [3.05, 3.63) is 40.3 Å². The fraction of sp³-hybridized carbons (Fsp3) is 0.591. The lowest BCUT2D eigenvalue weighted by Crippen LogP contribution is -2.49. The van der Waals surface area contributed by atoms with E-state index < -0.39 is 11.5 Å². The molecule has 4 rings (SSSR count). The van der Waals surface area contributed by atoms with Crippen molar-refractivity contribution in [1.82, 2.24) is 14.5 Å². The summed E-state index contributed by atoms with van der Waals surface area (Å²) in [6.45, 7) is 6.85. The third-order valence-electron chi connectivity index (χ3n) is 6.45. The summed E-state index contributed by atoms with van der Waals surface area (Å²) < 4.78 is 1.72. The van der Waals surface area contributed by atoms with Gasteiger partial charge in [0, 0.05) is 24.2 Å². The molecule has 4 atom stereocenters. The third-order valence-corrected chi connectivity index (χ3v) is 6.45. The Kier molecular flexibility index (Phi) is 5.00. The Bertz CT molecular complexity index is 938. The van der Waals surface area contributed by atoms with Gasteiger partial charge in [-0.05, 0) is 57.1 Å². The Morgan fingerprint density at radius 3 is 2.39 bits per heavy atom. The average molecular weight is 383 g/mol. The van der Waals surface area contributed by atoms with Crippen LogP contribution in [0.15, 0.2) is 29.1 Å². The molecule has 150 valence electrons. The summed E-state index contributed by atoms with van der Waals surface area (Å²) in [5, 5.41) is 9.48. The standard InChI is InChI=1S/C22H29N3O3/c1-13(2)10-14(3)24-15-8-9-16(24)12-17(11-15)25-19-7-5-4-6-18(19)23-20(21(25)26)22(27)28/h4-7,13-17H,8-12H2,1-3H3,(H,27,28)/t14?,15-,16?,17+/m0/s1. The molecule has 2 unspecified atom stereocenters. The molecule has 0 spiro atoms. The van der Waals surface area contributed by atoms with E-state index in [0.29, 0.717) is 29.6 Å². The van der Waals surface area contributed by atoms with Gasteiger partial charge in [-0.25, -0.2) is 9.78 Å². The van der Waals surface area contributed by atoms with Crippen molar-refractivity contribution in [2.24, 2.45) is 5.92 Å². The summed E-state index contributed by atoms with van der Waals surface area (Å²) in [4.78, 5) is 31.4. The van der Waals surface area contributed by atoms with Gasteiger partial charge in [0.05, 0.1) is 11.0 Å². The lowest BCUT2D eigenvalue weighted by atomic mass is 9.92. The fourth-order valence-electron chi connectivity index (χ4n) is 5.58. The molecule has 1 N–H and O–H groups in total. The Labute approximate surface area is 165 Å². The van der Waals surface area contributed by atoms with Crippen LogP contribution >= 0.6 is 0 Å². The predicted molar refractivity (Wildman–Crippen MR) is 109 cm³/mol. The number of fused-ring (bicyclic) bond motifs is 3. The molecular weight excluding hydrogens is 354 g/mol. The van der Waals surface area contributed by atoms with Crippen LogP contribution in [0.2, 0.25) is 0 Å². The van der Waals surface area contributed by atoms with Crippen LogP contribution in [-0.2, 0) is 0 Å². The zero-order chi connectivity index (χ0) is 20.0. The smallest absolute Gasteiger partial charge is 0.360 e. The summed E-state index contributed by atoms with van der Waals surface area (Å²) >= 11 is 0. The van der Waals surface area contributed by atoms with Gasteiger partial charge in [0.25, 0.3) is 5.56 Å². The van der Waals surface area contributed by atoms with E-state index in [0.717, 1.165) is 31.2 Å². The quantitative estimate of drug-likeness (QED) is 0.852. The summed E-state index contributed by atoms with van der Waals surface area (Å²) in [6.07, 6.45) is 5.29. The number of aromatic carboxylic acids is 1. The molecule has 3 heterocycles. The number of carboxylic acid groups (broad SMARTS) is 1. The normalized spacial score (nSPS) is 26.1. The number of hydrogen-bond acceptors (Lipinski definition) is 4. The lowest BCUT2D eigenvalue weighted by molar-refractivity contribution is 0.0600. The molecule has 1 aromatic carbocycles. The number of rotatable bonds is 5. The van der Waals surface area contributed by atoms with E-state index >= 15 is 0 Å². The van der Waals surface area contributed by atoms with E-state index in [1.807, 2.05) is 18.2 Å². The van der Waals surface area contributed by atoms with Crippen LogP contribution in [-0.4, -0.2) is 43.7 Å². The van der Waals surface area contributed by atoms with Gasteiger partial charge in [0.2, 0.25) is 5.69 Å². The van der Waals surface area contributed by atoms with E-state index in [-0.39, 0.29) is 11.7 Å². The van der Waals surface area contributed by atoms with Crippen LogP contribution in [0.5, 0.6) is 0 Å². The summed E-state index contributed by atoms with van der Waals surface area (Å²) in [6, 6.07) is 8.87. The number of hydrogen-bond donors (Lipinski definition) is 1. The molecule has 2 aromatic rings. The molecule has 2 bridgehead atoms. The number of nitrogens with zero attached hydrogens (tertiary/aromatic N) is 3. The number of aromatic nitrogens is 2. The molecule has 2 aliphatic heterocycles. The highest BCUT2D eigenvalue weighted by Gasteiger charge is 2.43. The molecule has 0 radical (unpaired) electrons. The zero-order valence-electron chi connectivity index (χ0n) is 16.8. The first-order valence-electron chi connectivity index (χ1n) is 10.4. The second-order valence-corrected chi connectivity index (χ2v) is 8.87. The minimum atomic E-state index is -1.25. The molecule has 28 heavy (non-hydrogen) atoms. The summed E-state index contributed by atoms with van der Waals surface area (Å²) in [5.74, 6) is -0.590. The van der Waals surface area contributed by atoms with Gasteiger partial charge in [-0.2, -0.15) is 0 Å². The largest absolute Gasteiger partial charge is 0.476 e. The van der Waals surface area contributed by atoms with Gasteiger partial charge >= 0.3 is 5.97 Å². The molecule has 2 fully saturated rings. The molecule has 0 saturated carbocycles. The molecule has 6 nitrogen and oxygen atoms in total. The van der Waals surface area contributed by atoms with E-state index in [9.17, 15) is 14.7 Å². The van der Waals surface area contributed by atoms with E-state index in [2.05, 4.69) is 30.7 Å². The number of para-hydroxylation sites is 2. The molecule has 6 heteroatoms. The van der Waals surface area contributed by atoms with Crippen LogP contribution in [0.25, 0.3) is 11.0 Å². The molecular formula is C22H29N3O3. The molecule has 0 aliphatic carbocycles. The van der Waals surface area contributed by atoms with E-state index in [1.54, 1.807) is 10.6 Å². The van der Waals surface area contributed by atoms with Crippen LogP contribution < -0.4 is 5.56 Å². The Morgan fingerprint density at radius 1 is 1.14 bits per heavy atom. The van der Waals surface area contributed by atoms with Crippen LogP contribution in [0.4, 0.5) is 0 Å². The highest BCUT2D eigenvalue weighted by atomic mass is 16.4. The van der Waals surface area contributed by atoms with Gasteiger partial charge in [-0.1, -0.05) is 26.0 Å². The number of carbonyl (C=O) groups is 1. The highest BCUT2D eigenvalue weighted by molar-refractivity contribution is 5.88. The Hall–Kier alpha value is -2.21. The maximum atomic E-state index is 13.0. The van der Waals surface area contributed by atoms with Gasteiger partial charge in [0.1, 0.15) is 0 Å². The second kappa shape index (κ2) is 7.32. The predicted octanol–water partition coefficient (Wildman–Crippen LogP) is 3.70. The maximum absolute atomic E-state index is 13.0. The third kappa shape index (κ3) is 3.24.